The van der Waals surface area contributed by atoms with E-state index in [1.165, 1.54) is 11.3 Å². The van der Waals surface area contributed by atoms with Gasteiger partial charge in [0.1, 0.15) is 0 Å². The molecule has 1 aliphatic rings. The smallest absolute Gasteiger partial charge is 0.250 e. The highest BCUT2D eigenvalue weighted by molar-refractivity contribution is 7.15. The molecule has 0 bridgehead atoms. The van der Waals surface area contributed by atoms with Crippen LogP contribution in [0, 0.1) is 26.7 Å². The van der Waals surface area contributed by atoms with E-state index < -0.39 is 0 Å². The molecule has 3 aromatic heterocycles. The summed E-state index contributed by atoms with van der Waals surface area (Å²) in [4.78, 5) is 28.9. The first-order valence-electron chi connectivity index (χ1n) is 8.68. The highest BCUT2D eigenvalue weighted by Crippen LogP contribution is 2.23. The maximum Gasteiger partial charge on any atom is 0.250 e. The molecule has 1 amide bonds. The predicted molar refractivity (Wildman–Crippen MR) is 101 cm³/mol. The van der Waals surface area contributed by atoms with E-state index in [1.54, 1.807) is 4.52 Å². The topological polar surface area (TPSA) is 88.3 Å². The fraction of sp³-hybridized carbons (Fsp3) is 0.471. The van der Waals surface area contributed by atoms with Crippen molar-refractivity contribution in [1.29, 1.82) is 0 Å². The van der Waals surface area contributed by atoms with Crippen molar-refractivity contribution in [1.82, 2.24) is 24.6 Å². The average Bonchev–Trinajstić information content (AvgIpc) is 3.16. The second-order valence-electron chi connectivity index (χ2n) is 6.71. The second kappa shape index (κ2) is 6.64. The maximum absolute atomic E-state index is 12.6. The number of thiazole rings is 1. The molecule has 136 valence electrons. The Hall–Kier alpha value is -2.55. The van der Waals surface area contributed by atoms with Gasteiger partial charge in [0.25, 0.3) is 0 Å². The van der Waals surface area contributed by atoms with Gasteiger partial charge in [0, 0.05) is 35.8 Å². The first-order chi connectivity index (χ1) is 12.5. The van der Waals surface area contributed by atoms with Crippen LogP contribution in [0.3, 0.4) is 0 Å². The molecular formula is C17H21N7OS. The number of nitrogens with zero attached hydrogens (tertiary/aromatic N) is 6. The minimum absolute atomic E-state index is 0.0121. The number of piperidine rings is 1. The SMILES string of the molecule is Cc1cc(C)nc(N2CCC(C(=O)Nc3nc4scc(C)n4n3)CC2)n1. The van der Waals surface area contributed by atoms with Crippen LogP contribution in [-0.2, 0) is 4.79 Å². The minimum atomic E-state index is -0.0419. The van der Waals surface area contributed by atoms with Gasteiger partial charge in [0.2, 0.25) is 22.8 Å². The van der Waals surface area contributed by atoms with Crippen LogP contribution in [-0.4, -0.2) is 43.6 Å². The molecule has 3 aromatic rings. The van der Waals surface area contributed by atoms with Crippen molar-refractivity contribution in [2.24, 2.45) is 5.92 Å². The Balaban J connectivity index is 1.38. The van der Waals surface area contributed by atoms with Crippen molar-refractivity contribution in [3.63, 3.8) is 0 Å². The minimum Gasteiger partial charge on any atom is -0.341 e. The summed E-state index contributed by atoms with van der Waals surface area (Å²) in [6.45, 7) is 7.46. The van der Waals surface area contributed by atoms with Crippen molar-refractivity contribution < 1.29 is 4.79 Å². The summed E-state index contributed by atoms with van der Waals surface area (Å²) in [7, 11) is 0. The number of aromatic nitrogens is 5. The second-order valence-corrected chi connectivity index (χ2v) is 7.54. The molecule has 1 saturated heterocycles. The monoisotopic (exact) mass is 371 g/mol. The van der Waals surface area contributed by atoms with E-state index in [0.29, 0.717) is 5.95 Å². The highest BCUT2D eigenvalue weighted by atomic mass is 32.1. The Morgan fingerprint density at radius 3 is 2.50 bits per heavy atom. The normalized spacial score (nSPS) is 15.6. The molecule has 8 nitrogen and oxygen atoms in total. The summed E-state index contributed by atoms with van der Waals surface area (Å²) < 4.78 is 1.75. The van der Waals surface area contributed by atoms with Gasteiger partial charge in [-0.3, -0.25) is 10.1 Å². The summed E-state index contributed by atoms with van der Waals surface area (Å²) in [5, 5.41) is 9.20. The lowest BCUT2D eigenvalue weighted by Crippen LogP contribution is -2.39. The van der Waals surface area contributed by atoms with Crippen molar-refractivity contribution in [3.05, 3.63) is 28.5 Å². The predicted octanol–water partition coefficient (Wildman–Crippen LogP) is 2.36. The quantitative estimate of drug-likeness (QED) is 0.760. The molecule has 9 heteroatoms. The van der Waals surface area contributed by atoms with Crippen LogP contribution < -0.4 is 10.2 Å². The van der Waals surface area contributed by atoms with E-state index >= 15 is 0 Å². The van der Waals surface area contributed by atoms with Crippen molar-refractivity contribution in [2.75, 3.05) is 23.3 Å². The molecule has 0 aromatic carbocycles. The Labute approximate surface area is 155 Å². The summed E-state index contributed by atoms with van der Waals surface area (Å²) in [6, 6.07) is 1.97. The van der Waals surface area contributed by atoms with E-state index in [0.717, 1.165) is 53.9 Å². The molecule has 0 saturated carbocycles. The molecule has 0 atom stereocenters. The van der Waals surface area contributed by atoms with E-state index in [1.807, 2.05) is 32.2 Å². The summed E-state index contributed by atoms with van der Waals surface area (Å²) >= 11 is 1.52. The van der Waals surface area contributed by atoms with Crippen molar-refractivity contribution >= 4 is 34.1 Å². The standard InChI is InChI=1S/C17H21N7OS/c1-10-8-11(2)19-16(18-10)23-6-4-13(5-7-23)14(25)20-15-21-17-24(22-15)12(3)9-26-17/h8-9,13H,4-7H2,1-3H3,(H,20,22,25). The lowest BCUT2D eigenvalue weighted by atomic mass is 9.96. The van der Waals surface area contributed by atoms with E-state index in [-0.39, 0.29) is 11.8 Å². The van der Waals surface area contributed by atoms with Gasteiger partial charge in [0.15, 0.2) is 0 Å². The van der Waals surface area contributed by atoms with Crippen LogP contribution in [0.15, 0.2) is 11.4 Å². The molecule has 26 heavy (non-hydrogen) atoms. The van der Waals surface area contributed by atoms with Gasteiger partial charge in [0.05, 0.1) is 5.69 Å². The van der Waals surface area contributed by atoms with Crippen molar-refractivity contribution in [3.8, 4) is 0 Å². The molecule has 4 heterocycles. The van der Waals surface area contributed by atoms with Crippen LogP contribution in [0.2, 0.25) is 0 Å². The number of rotatable bonds is 3. The Bertz CT molecular complexity index is 935. The Morgan fingerprint density at radius 2 is 1.85 bits per heavy atom. The van der Waals surface area contributed by atoms with Gasteiger partial charge >= 0.3 is 0 Å². The van der Waals surface area contributed by atoms with Gasteiger partial charge in [-0.1, -0.05) is 0 Å². The number of hydrogen-bond acceptors (Lipinski definition) is 7. The van der Waals surface area contributed by atoms with Crippen LogP contribution in [0.4, 0.5) is 11.9 Å². The number of fused-ring (bicyclic) bond motifs is 1. The zero-order valence-corrected chi connectivity index (χ0v) is 15.9. The largest absolute Gasteiger partial charge is 0.341 e. The van der Waals surface area contributed by atoms with E-state index in [2.05, 4.69) is 30.3 Å². The van der Waals surface area contributed by atoms with Crippen molar-refractivity contribution in [2.45, 2.75) is 33.6 Å². The van der Waals surface area contributed by atoms with E-state index in [4.69, 9.17) is 0 Å². The maximum atomic E-state index is 12.6. The summed E-state index contributed by atoms with van der Waals surface area (Å²) in [6.07, 6.45) is 1.53. The van der Waals surface area contributed by atoms with Gasteiger partial charge in [-0.2, -0.15) is 4.98 Å². The van der Waals surface area contributed by atoms with Crippen LogP contribution in [0.5, 0.6) is 0 Å². The fourth-order valence-corrected chi connectivity index (χ4v) is 4.05. The molecule has 0 spiro atoms. The van der Waals surface area contributed by atoms with E-state index in [9.17, 15) is 4.79 Å². The number of aryl methyl sites for hydroxylation is 3. The van der Waals surface area contributed by atoms with Crippen LogP contribution >= 0.6 is 11.3 Å². The van der Waals surface area contributed by atoms with Crippen LogP contribution in [0.1, 0.15) is 29.9 Å². The number of amides is 1. The molecule has 1 fully saturated rings. The fourth-order valence-electron chi connectivity index (χ4n) is 3.25. The lowest BCUT2D eigenvalue weighted by Gasteiger charge is -2.31. The number of hydrogen-bond donors (Lipinski definition) is 1. The molecule has 1 N–H and O–H groups in total. The van der Waals surface area contributed by atoms with Crippen LogP contribution in [0.25, 0.3) is 4.96 Å². The molecular weight excluding hydrogens is 350 g/mol. The number of carbonyl (C=O) groups excluding carboxylic acids is 1. The third-order valence-corrected chi connectivity index (χ3v) is 5.53. The molecule has 4 rings (SSSR count). The first-order valence-corrected chi connectivity index (χ1v) is 9.56. The van der Waals surface area contributed by atoms with Gasteiger partial charge in [-0.25, -0.2) is 14.5 Å². The van der Waals surface area contributed by atoms with Gasteiger partial charge < -0.3 is 4.90 Å². The lowest BCUT2D eigenvalue weighted by molar-refractivity contribution is -0.120. The Kier molecular flexibility index (Phi) is 4.31. The van der Waals surface area contributed by atoms with Gasteiger partial charge in [-0.15, -0.1) is 16.4 Å². The molecule has 1 aliphatic heterocycles. The molecule has 0 radical (unpaired) electrons. The highest BCUT2D eigenvalue weighted by Gasteiger charge is 2.27. The third kappa shape index (κ3) is 3.26. The third-order valence-electron chi connectivity index (χ3n) is 4.60. The zero-order chi connectivity index (χ0) is 18.3. The zero-order valence-electron chi connectivity index (χ0n) is 15.1. The molecule has 0 aliphatic carbocycles. The first kappa shape index (κ1) is 16.9. The number of carbonyl (C=O) groups is 1. The Morgan fingerprint density at radius 1 is 1.15 bits per heavy atom. The summed E-state index contributed by atoms with van der Waals surface area (Å²) in [5.74, 6) is 1.08. The molecule has 0 unspecified atom stereocenters. The summed E-state index contributed by atoms with van der Waals surface area (Å²) in [5.41, 5.74) is 2.95. The van der Waals surface area contributed by atoms with Gasteiger partial charge in [-0.05, 0) is 39.7 Å². The number of anilines is 2. The number of nitrogens with one attached hydrogen (secondary N) is 1. The average molecular weight is 371 g/mol.